The number of alkyl carbamates (subject to hydrolysis) is 2. The minimum Gasteiger partial charge on any atom is -0.453 e. The third kappa shape index (κ3) is 8.13. The zero-order valence-electron chi connectivity index (χ0n) is 33.7. The number of benzene rings is 3. The standard InChI is InChI=1S/C44H42N10O6S2/c1-59-43(57)49-33(26-11-5-3-6-12-26)41(55)53-21-9-15-31(53)35-45-23-29(47-35)25-17-19-28(20-18-25)37-51-39-40(61-37)52-38(62-39)30-24-46-36(48-30)32-16-10-22-54(32)42(56)34(50-44(58)60-2)27-13-7-4-8-14-27/h3-8,11-14,17-20,23-24,31-34H,9-10,15-16,21-22H2,1-2H3,(H,45,47)(H,46,48)(H,49,57)(H,50,58)/t31-,32?,33+,34+/m0/s1. The fourth-order valence-electron chi connectivity index (χ4n) is 8.12. The molecule has 9 rings (SSSR count). The molecule has 0 radical (unpaired) electrons. The fraction of sp³-hybridized carbons (Fsp3) is 0.273. The van der Waals surface area contributed by atoms with Gasteiger partial charge < -0.3 is 39.9 Å². The fourth-order valence-corrected chi connectivity index (χ4v) is 10.1. The van der Waals surface area contributed by atoms with Crippen molar-refractivity contribution in [1.29, 1.82) is 0 Å². The number of imidazole rings is 2. The van der Waals surface area contributed by atoms with Crippen molar-refractivity contribution in [2.24, 2.45) is 0 Å². The van der Waals surface area contributed by atoms with Gasteiger partial charge in [0.25, 0.3) is 11.8 Å². The molecule has 0 aliphatic carbocycles. The minimum absolute atomic E-state index is 0.223. The van der Waals surface area contributed by atoms with Crippen LogP contribution in [0.15, 0.2) is 97.3 Å². The normalized spacial score (nSPS) is 17.2. The minimum atomic E-state index is -0.898. The SMILES string of the molecule is COC(=O)N[C@@H](C(=O)N1CCCC1c1ncc(-c2nc3sc(-c4ccc(-c5cnc([C@@H]6CCCN6C(=O)[C@H](NC(=O)OC)c6ccccc6)[nH]5)cc4)nc3s2)[nH]1)c1ccccc1. The van der Waals surface area contributed by atoms with E-state index in [-0.39, 0.29) is 23.9 Å². The van der Waals surface area contributed by atoms with E-state index in [2.05, 4.69) is 25.6 Å². The molecule has 1 unspecified atom stereocenters. The second-order valence-corrected chi connectivity index (χ2v) is 16.9. The predicted octanol–water partition coefficient (Wildman–Crippen LogP) is 7.72. The molecule has 2 aliphatic rings. The molecule has 2 saturated heterocycles. The van der Waals surface area contributed by atoms with Crippen molar-refractivity contribution < 1.29 is 28.7 Å². The van der Waals surface area contributed by atoms with Gasteiger partial charge in [-0.05, 0) is 42.4 Å². The number of amides is 4. The molecule has 4 amide bonds. The lowest BCUT2D eigenvalue weighted by atomic mass is 10.1. The lowest BCUT2D eigenvalue weighted by Gasteiger charge is -2.28. The molecule has 62 heavy (non-hydrogen) atoms. The van der Waals surface area contributed by atoms with Gasteiger partial charge in [-0.1, -0.05) is 108 Å². The molecular formula is C44H42N10O6S2. The van der Waals surface area contributed by atoms with Crippen LogP contribution >= 0.6 is 22.7 Å². The second kappa shape index (κ2) is 17.6. The van der Waals surface area contributed by atoms with Crippen molar-refractivity contribution >= 4 is 56.3 Å². The number of ether oxygens (including phenoxy) is 2. The maximum Gasteiger partial charge on any atom is 0.407 e. The quantitative estimate of drug-likeness (QED) is 0.0998. The Kier molecular flexibility index (Phi) is 11.5. The molecule has 0 spiro atoms. The first-order valence-corrected chi connectivity index (χ1v) is 21.8. The Morgan fingerprint density at radius 3 is 1.60 bits per heavy atom. The second-order valence-electron chi connectivity index (χ2n) is 14.9. The summed E-state index contributed by atoms with van der Waals surface area (Å²) in [6, 6.07) is 24.0. The van der Waals surface area contributed by atoms with Crippen LogP contribution in [-0.4, -0.2) is 91.0 Å². The topological polar surface area (TPSA) is 200 Å². The molecule has 4 N–H and O–H groups in total. The van der Waals surface area contributed by atoms with Gasteiger partial charge in [-0.15, -0.1) is 0 Å². The number of thiazole rings is 2. The molecule has 7 aromatic rings. The molecular weight excluding hydrogens is 829 g/mol. The van der Waals surface area contributed by atoms with Gasteiger partial charge in [0.2, 0.25) is 0 Å². The zero-order chi connectivity index (χ0) is 42.7. The van der Waals surface area contributed by atoms with Crippen LogP contribution < -0.4 is 10.6 Å². The summed E-state index contributed by atoms with van der Waals surface area (Å²) in [6.07, 6.45) is 5.24. The number of hydrogen-bond donors (Lipinski definition) is 4. The summed E-state index contributed by atoms with van der Waals surface area (Å²) >= 11 is 2.97. The van der Waals surface area contributed by atoms with Crippen LogP contribution in [-0.2, 0) is 19.1 Å². The van der Waals surface area contributed by atoms with Gasteiger partial charge >= 0.3 is 12.2 Å². The Bertz CT molecular complexity index is 2680. The highest BCUT2D eigenvalue weighted by molar-refractivity contribution is 7.29. The van der Waals surface area contributed by atoms with Crippen molar-refractivity contribution in [1.82, 2.24) is 50.3 Å². The Morgan fingerprint density at radius 2 is 1.08 bits per heavy atom. The van der Waals surface area contributed by atoms with Gasteiger partial charge in [0.05, 0.1) is 50.1 Å². The summed E-state index contributed by atoms with van der Waals surface area (Å²) in [5, 5.41) is 7.00. The smallest absolute Gasteiger partial charge is 0.407 e. The van der Waals surface area contributed by atoms with E-state index in [9.17, 15) is 19.2 Å². The van der Waals surface area contributed by atoms with Crippen LogP contribution in [0.2, 0.25) is 0 Å². The van der Waals surface area contributed by atoms with E-state index in [1.54, 1.807) is 22.2 Å². The van der Waals surface area contributed by atoms with E-state index in [0.29, 0.717) is 35.9 Å². The third-order valence-electron chi connectivity index (χ3n) is 11.2. The van der Waals surface area contributed by atoms with E-state index >= 15 is 0 Å². The number of hydrogen-bond acceptors (Lipinski definition) is 12. The monoisotopic (exact) mass is 870 g/mol. The Hall–Kier alpha value is -6.92. The van der Waals surface area contributed by atoms with Crippen molar-refractivity contribution in [3.63, 3.8) is 0 Å². The van der Waals surface area contributed by atoms with Crippen LogP contribution in [0.3, 0.4) is 0 Å². The third-order valence-corrected chi connectivity index (χ3v) is 13.3. The van der Waals surface area contributed by atoms with Gasteiger partial charge in [0.15, 0.2) is 9.66 Å². The average molecular weight is 871 g/mol. The molecule has 16 nitrogen and oxygen atoms in total. The highest BCUT2D eigenvalue weighted by Gasteiger charge is 2.38. The lowest BCUT2D eigenvalue weighted by Crippen LogP contribution is -2.42. The van der Waals surface area contributed by atoms with Crippen LogP contribution in [0.25, 0.3) is 42.2 Å². The molecule has 316 valence electrons. The van der Waals surface area contributed by atoms with Crippen LogP contribution in [0, 0.1) is 0 Å². The maximum absolute atomic E-state index is 13.9. The van der Waals surface area contributed by atoms with Crippen molar-refractivity contribution in [2.75, 3.05) is 27.3 Å². The molecule has 4 aromatic heterocycles. The number of nitrogens with one attached hydrogen (secondary N) is 4. The number of aromatic nitrogens is 6. The number of carbonyl (C=O) groups excluding carboxylic acids is 4. The summed E-state index contributed by atoms with van der Waals surface area (Å²) in [7, 11) is 2.55. The van der Waals surface area contributed by atoms with Gasteiger partial charge in [0.1, 0.15) is 33.7 Å². The first kappa shape index (κ1) is 40.5. The molecule has 6 heterocycles. The van der Waals surface area contributed by atoms with E-state index in [1.807, 2.05) is 84.9 Å². The number of fused-ring (bicyclic) bond motifs is 1. The Morgan fingerprint density at radius 1 is 0.629 bits per heavy atom. The van der Waals surface area contributed by atoms with E-state index in [4.69, 9.17) is 24.4 Å². The highest BCUT2D eigenvalue weighted by Crippen LogP contribution is 2.39. The van der Waals surface area contributed by atoms with E-state index < -0.39 is 24.3 Å². The number of likely N-dealkylation sites (tertiary alicyclic amines) is 2. The van der Waals surface area contributed by atoms with E-state index in [1.165, 1.54) is 36.9 Å². The number of methoxy groups -OCH3 is 2. The number of H-pyrrole nitrogens is 2. The average Bonchev–Trinajstić information content (AvgIpc) is 4.17. The summed E-state index contributed by atoms with van der Waals surface area (Å²) in [6.45, 7) is 1.08. The van der Waals surface area contributed by atoms with Gasteiger partial charge in [0, 0.05) is 18.7 Å². The van der Waals surface area contributed by atoms with Crippen LogP contribution in [0.4, 0.5) is 9.59 Å². The lowest BCUT2D eigenvalue weighted by molar-refractivity contribution is -0.135. The first-order chi connectivity index (χ1) is 30.3. The number of carbonyl (C=O) groups is 4. The first-order valence-electron chi connectivity index (χ1n) is 20.2. The van der Waals surface area contributed by atoms with Crippen molar-refractivity contribution in [2.45, 2.75) is 49.9 Å². The Balaban J connectivity index is 0.869. The highest BCUT2D eigenvalue weighted by atomic mass is 32.1. The van der Waals surface area contributed by atoms with Crippen LogP contribution in [0.1, 0.15) is 72.6 Å². The molecule has 2 fully saturated rings. The number of rotatable bonds is 11. The zero-order valence-corrected chi connectivity index (χ0v) is 35.4. The van der Waals surface area contributed by atoms with Gasteiger partial charge in [-0.2, -0.15) is 0 Å². The molecule has 18 heteroatoms. The molecule has 2 aliphatic heterocycles. The predicted molar refractivity (Wildman–Crippen MR) is 233 cm³/mol. The summed E-state index contributed by atoms with van der Waals surface area (Å²) < 4.78 is 9.65. The summed E-state index contributed by atoms with van der Waals surface area (Å²) in [5.74, 6) is 0.889. The number of aromatic amines is 2. The van der Waals surface area contributed by atoms with Crippen molar-refractivity contribution in [3.8, 4) is 32.5 Å². The molecule has 4 atom stereocenters. The Labute approximate surface area is 363 Å². The largest absolute Gasteiger partial charge is 0.453 e. The summed E-state index contributed by atoms with van der Waals surface area (Å²) in [5.41, 5.74) is 4.79. The van der Waals surface area contributed by atoms with E-state index in [0.717, 1.165) is 67.9 Å². The molecule has 3 aromatic carbocycles. The van der Waals surface area contributed by atoms with Crippen LogP contribution in [0.5, 0.6) is 0 Å². The summed E-state index contributed by atoms with van der Waals surface area (Å²) in [4.78, 5) is 83.5. The number of nitrogens with zero attached hydrogens (tertiary/aromatic N) is 6. The van der Waals surface area contributed by atoms with Gasteiger partial charge in [-0.3, -0.25) is 9.59 Å². The maximum atomic E-state index is 13.9. The van der Waals surface area contributed by atoms with Gasteiger partial charge in [-0.25, -0.2) is 29.5 Å². The molecule has 0 saturated carbocycles. The molecule has 0 bridgehead atoms. The van der Waals surface area contributed by atoms with Crippen molar-refractivity contribution in [3.05, 3.63) is 120 Å².